The standard InChI is InChI=1S/C11H14O4S/c1-4(16)10(12)14-8-5-2-6-7(3-5)11(13)15-9(6)8/h4-9,16H,2-3H2,1H3. The van der Waals surface area contributed by atoms with Crippen molar-refractivity contribution in [1.29, 1.82) is 0 Å². The van der Waals surface area contributed by atoms with Gasteiger partial charge in [-0.15, -0.1) is 0 Å². The van der Waals surface area contributed by atoms with Crippen molar-refractivity contribution in [3.63, 3.8) is 0 Å². The van der Waals surface area contributed by atoms with E-state index in [1.54, 1.807) is 6.92 Å². The molecule has 6 unspecified atom stereocenters. The smallest absolute Gasteiger partial charge is 0.318 e. The first-order valence-electron chi connectivity index (χ1n) is 5.67. The molecular weight excluding hydrogens is 228 g/mol. The van der Waals surface area contributed by atoms with E-state index in [4.69, 9.17) is 9.47 Å². The Morgan fingerprint density at radius 3 is 3.00 bits per heavy atom. The Morgan fingerprint density at radius 2 is 2.31 bits per heavy atom. The number of hydrogen-bond donors (Lipinski definition) is 1. The lowest BCUT2D eigenvalue weighted by Crippen LogP contribution is -2.37. The van der Waals surface area contributed by atoms with E-state index in [2.05, 4.69) is 12.6 Å². The van der Waals surface area contributed by atoms with Gasteiger partial charge < -0.3 is 9.47 Å². The van der Waals surface area contributed by atoms with E-state index in [9.17, 15) is 9.59 Å². The maximum absolute atomic E-state index is 11.5. The molecule has 4 nitrogen and oxygen atoms in total. The molecule has 2 bridgehead atoms. The summed E-state index contributed by atoms with van der Waals surface area (Å²) in [6.45, 7) is 1.68. The summed E-state index contributed by atoms with van der Waals surface area (Å²) in [6, 6.07) is 0. The van der Waals surface area contributed by atoms with E-state index in [-0.39, 0.29) is 36.0 Å². The molecule has 0 radical (unpaired) electrons. The molecule has 0 aromatic carbocycles. The van der Waals surface area contributed by atoms with Crippen LogP contribution >= 0.6 is 12.6 Å². The molecule has 3 fully saturated rings. The second-order valence-electron chi connectivity index (χ2n) is 4.98. The van der Waals surface area contributed by atoms with Gasteiger partial charge in [0.05, 0.1) is 11.2 Å². The largest absolute Gasteiger partial charge is 0.458 e. The monoisotopic (exact) mass is 242 g/mol. The summed E-state index contributed by atoms with van der Waals surface area (Å²) in [5, 5.41) is -0.424. The molecule has 1 heterocycles. The van der Waals surface area contributed by atoms with Crippen molar-refractivity contribution < 1.29 is 19.1 Å². The maximum atomic E-state index is 11.5. The summed E-state index contributed by atoms with van der Waals surface area (Å²) in [5.41, 5.74) is 0. The summed E-state index contributed by atoms with van der Waals surface area (Å²) in [5.74, 6) is 0.238. The zero-order chi connectivity index (χ0) is 11.4. The van der Waals surface area contributed by atoms with Gasteiger partial charge in [-0.3, -0.25) is 9.59 Å². The molecule has 6 atom stereocenters. The van der Waals surface area contributed by atoms with Gasteiger partial charge in [-0.05, 0) is 19.8 Å². The Labute approximate surface area is 99.1 Å². The van der Waals surface area contributed by atoms with Crippen molar-refractivity contribution in [2.24, 2.45) is 17.8 Å². The fourth-order valence-electron chi connectivity index (χ4n) is 3.30. The maximum Gasteiger partial charge on any atom is 0.318 e. The second-order valence-corrected chi connectivity index (χ2v) is 5.76. The molecule has 0 amide bonds. The highest BCUT2D eigenvalue weighted by Crippen LogP contribution is 2.55. The second kappa shape index (κ2) is 3.39. The fraction of sp³-hybridized carbons (Fsp3) is 0.818. The molecule has 3 rings (SSSR count). The third-order valence-corrected chi connectivity index (χ3v) is 4.22. The predicted octanol–water partition coefficient (Wildman–Crippen LogP) is 0.798. The van der Waals surface area contributed by atoms with Gasteiger partial charge in [-0.2, -0.15) is 12.6 Å². The van der Waals surface area contributed by atoms with Crippen LogP contribution in [0.3, 0.4) is 0 Å². The van der Waals surface area contributed by atoms with Gasteiger partial charge in [0.25, 0.3) is 0 Å². The molecule has 2 saturated carbocycles. The number of hydrogen-bond acceptors (Lipinski definition) is 5. The molecule has 3 aliphatic rings. The first-order chi connectivity index (χ1) is 7.58. The van der Waals surface area contributed by atoms with Gasteiger partial charge in [0, 0.05) is 11.8 Å². The number of thiol groups is 1. The Balaban J connectivity index is 1.75. The number of ether oxygens (including phenoxy) is 2. The summed E-state index contributed by atoms with van der Waals surface area (Å²) in [4.78, 5) is 23.0. The van der Waals surface area contributed by atoms with Crippen LogP contribution in [0.1, 0.15) is 19.8 Å². The number of carbonyl (C=O) groups excluding carboxylic acids is 2. The van der Waals surface area contributed by atoms with Crippen LogP contribution in [0.4, 0.5) is 0 Å². The molecule has 0 aromatic rings. The lowest BCUT2D eigenvalue weighted by molar-refractivity contribution is -0.160. The van der Waals surface area contributed by atoms with Crippen LogP contribution in [0.25, 0.3) is 0 Å². The highest BCUT2D eigenvalue weighted by Gasteiger charge is 2.63. The Morgan fingerprint density at radius 1 is 1.56 bits per heavy atom. The number of carbonyl (C=O) groups is 2. The van der Waals surface area contributed by atoms with Crippen LogP contribution < -0.4 is 0 Å². The van der Waals surface area contributed by atoms with E-state index in [1.807, 2.05) is 0 Å². The van der Waals surface area contributed by atoms with E-state index < -0.39 is 5.25 Å². The minimum absolute atomic E-state index is 0.0679. The fourth-order valence-corrected chi connectivity index (χ4v) is 3.36. The highest BCUT2D eigenvalue weighted by atomic mass is 32.1. The Bertz CT molecular complexity index is 354. The summed E-state index contributed by atoms with van der Waals surface area (Å²) >= 11 is 4.04. The average Bonchev–Trinajstić information content (AvgIpc) is 2.81. The van der Waals surface area contributed by atoms with Crippen molar-refractivity contribution in [2.45, 2.75) is 37.2 Å². The quantitative estimate of drug-likeness (QED) is 0.575. The van der Waals surface area contributed by atoms with Crippen LogP contribution in [0.15, 0.2) is 0 Å². The van der Waals surface area contributed by atoms with Gasteiger partial charge in [-0.1, -0.05) is 0 Å². The molecule has 1 aliphatic heterocycles. The highest BCUT2D eigenvalue weighted by molar-refractivity contribution is 7.81. The van der Waals surface area contributed by atoms with Crippen LogP contribution in [-0.4, -0.2) is 29.4 Å². The zero-order valence-corrected chi connectivity index (χ0v) is 9.85. The lowest BCUT2D eigenvalue weighted by atomic mass is 9.88. The zero-order valence-electron chi connectivity index (χ0n) is 8.96. The van der Waals surface area contributed by atoms with Crippen LogP contribution in [-0.2, 0) is 19.1 Å². The number of fused-ring (bicyclic) bond motifs is 1. The normalized spacial score (nSPS) is 45.6. The molecule has 1 saturated heterocycles. The van der Waals surface area contributed by atoms with Gasteiger partial charge >= 0.3 is 11.9 Å². The molecule has 0 spiro atoms. The minimum Gasteiger partial charge on any atom is -0.458 e. The molecule has 88 valence electrons. The Kier molecular flexibility index (Phi) is 2.21. The van der Waals surface area contributed by atoms with Crippen molar-refractivity contribution >= 4 is 24.6 Å². The molecule has 0 N–H and O–H groups in total. The first-order valence-corrected chi connectivity index (χ1v) is 6.18. The van der Waals surface area contributed by atoms with Crippen molar-refractivity contribution in [2.75, 3.05) is 0 Å². The third-order valence-electron chi connectivity index (χ3n) is 4.01. The van der Waals surface area contributed by atoms with Gasteiger partial charge in [0.15, 0.2) is 0 Å². The van der Waals surface area contributed by atoms with Gasteiger partial charge in [-0.25, -0.2) is 0 Å². The van der Waals surface area contributed by atoms with Crippen LogP contribution in [0.5, 0.6) is 0 Å². The van der Waals surface area contributed by atoms with E-state index >= 15 is 0 Å². The van der Waals surface area contributed by atoms with Crippen molar-refractivity contribution in [3.8, 4) is 0 Å². The molecule has 2 aliphatic carbocycles. The van der Waals surface area contributed by atoms with Gasteiger partial charge in [0.1, 0.15) is 12.2 Å². The summed E-state index contributed by atoms with van der Waals surface area (Å²) in [7, 11) is 0. The molecule has 16 heavy (non-hydrogen) atoms. The van der Waals surface area contributed by atoms with Crippen LogP contribution in [0.2, 0.25) is 0 Å². The van der Waals surface area contributed by atoms with Gasteiger partial charge in [0.2, 0.25) is 0 Å². The van der Waals surface area contributed by atoms with Crippen molar-refractivity contribution in [3.05, 3.63) is 0 Å². The Hall–Kier alpha value is -0.710. The third kappa shape index (κ3) is 1.30. The number of esters is 2. The van der Waals surface area contributed by atoms with E-state index in [0.29, 0.717) is 5.92 Å². The molecular formula is C11H14O4S. The predicted molar refractivity (Wildman–Crippen MR) is 57.9 cm³/mol. The SMILES string of the molecule is CC(S)C(=O)OC1C2CC3C(=O)OC1C3C2. The molecule has 5 heteroatoms. The van der Waals surface area contributed by atoms with Crippen LogP contribution in [0, 0.1) is 17.8 Å². The lowest BCUT2D eigenvalue weighted by Gasteiger charge is -2.25. The minimum atomic E-state index is -0.424. The first kappa shape index (κ1) is 10.4. The summed E-state index contributed by atoms with van der Waals surface area (Å²) in [6.07, 6.45) is 1.36. The van der Waals surface area contributed by atoms with E-state index in [0.717, 1.165) is 12.8 Å². The summed E-state index contributed by atoms with van der Waals surface area (Å²) < 4.78 is 10.7. The topological polar surface area (TPSA) is 52.6 Å². The molecule has 0 aromatic heterocycles. The van der Waals surface area contributed by atoms with Crippen molar-refractivity contribution in [1.82, 2.24) is 0 Å². The average molecular weight is 242 g/mol. The number of rotatable bonds is 2. The van der Waals surface area contributed by atoms with E-state index in [1.165, 1.54) is 0 Å².